The Balaban J connectivity index is 2.03. The molecule has 0 unspecified atom stereocenters. The van der Waals surface area contributed by atoms with E-state index in [1.807, 2.05) is 0 Å². The fourth-order valence-electron chi connectivity index (χ4n) is 2.86. The van der Waals surface area contributed by atoms with Crippen LogP contribution < -0.4 is 19.9 Å². The lowest BCUT2D eigenvalue weighted by atomic mass is 10.1. The summed E-state index contributed by atoms with van der Waals surface area (Å²) in [6.45, 7) is 5.54. The second-order valence-corrected chi connectivity index (χ2v) is 6.13. The topological polar surface area (TPSA) is 111 Å². The van der Waals surface area contributed by atoms with Gasteiger partial charge in [-0.1, -0.05) is 30.9 Å². The number of nitro benzene ring substituents is 1. The van der Waals surface area contributed by atoms with Gasteiger partial charge in [0.05, 0.1) is 17.2 Å². The van der Waals surface area contributed by atoms with E-state index in [1.54, 1.807) is 37.3 Å². The molecule has 1 fully saturated rings. The zero-order valence-electron chi connectivity index (χ0n) is 16.2. The predicted molar refractivity (Wildman–Crippen MR) is 110 cm³/mol. The van der Waals surface area contributed by atoms with Crippen molar-refractivity contribution in [3.8, 4) is 11.5 Å². The number of amides is 2. The molecular formula is C21H19N3O6. The van der Waals surface area contributed by atoms with Crippen molar-refractivity contribution < 1.29 is 24.0 Å². The lowest BCUT2D eigenvalue weighted by Gasteiger charge is -2.14. The molecule has 0 atom stereocenters. The van der Waals surface area contributed by atoms with Gasteiger partial charge in [-0.25, -0.2) is 5.01 Å². The van der Waals surface area contributed by atoms with Crippen LogP contribution in [0.25, 0.3) is 6.08 Å². The van der Waals surface area contributed by atoms with E-state index in [0.29, 0.717) is 5.69 Å². The van der Waals surface area contributed by atoms with E-state index in [2.05, 4.69) is 12.0 Å². The lowest BCUT2D eigenvalue weighted by molar-refractivity contribution is -0.385. The maximum atomic E-state index is 12.7. The molecule has 2 amide bonds. The van der Waals surface area contributed by atoms with Gasteiger partial charge in [-0.15, -0.1) is 0 Å². The van der Waals surface area contributed by atoms with Gasteiger partial charge in [0.25, 0.3) is 11.8 Å². The number of para-hydroxylation sites is 1. The first-order valence-electron chi connectivity index (χ1n) is 9.07. The molecule has 0 radical (unpaired) electrons. The SMILES string of the molecule is C=CCOc1c(OCC)cc(C=C2C(=O)NN(c3ccccc3)C2=O)cc1[N+](=O)[O-]. The van der Waals surface area contributed by atoms with Gasteiger partial charge < -0.3 is 9.47 Å². The van der Waals surface area contributed by atoms with Gasteiger partial charge in [0.1, 0.15) is 12.2 Å². The van der Waals surface area contributed by atoms with Crippen molar-refractivity contribution in [1.82, 2.24) is 5.43 Å². The van der Waals surface area contributed by atoms with Crippen molar-refractivity contribution in [2.24, 2.45) is 0 Å². The van der Waals surface area contributed by atoms with Crippen LogP contribution in [0.5, 0.6) is 11.5 Å². The Kier molecular flexibility index (Phi) is 6.11. The lowest BCUT2D eigenvalue weighted by Crippen LogP contribution is -2.35. The summed E-state index contributed by atoms with van der Waals surface area (Å²) in [7, 11) is 0. The molecule has 0 aliphatic carbocycles. The Morgan fingerprint density at radius 3 is 2.57 bits per heavy atom. The average Bonchev–Trinajstić information content (AvgIpc) is 3.01. The summed E-state index contributed by atoms with van der Waals surface area (Å²) in [5, 5.41) is 12.7. The van der Waals surface area contributed by atoms with Crippen molar-refractivity contribution in [3.63, 3.8) is 0 Å². The van der Waals surface area contributed by atoms with Crippen LogP contribution in [-0.4, -0.2) is 30.0 Å². The number of ether oxygens (including phenoxy) is 2. The van der Waals surface area contributed by atoms with Gasteiger partial charge in [0.15, 0.2) is 5.75 Å². The summed E-state index contributed by atoms with van der Waals surface area (Å²) in [4.78, 5) is 36.0. The molecule has 2 aromatic rings. The third-order valence-corrected chi connectivity index (χ3v) is 4.12. The number of anilines is 1. The highest BCUT2D eigenvalue weighted by Gasteiger charge is 2.34. The van der Waals surface area contributed by atoms with Crippen LogP contribution in [0.2, 0.25) is 0 Å². The van der Waals surface area contributed by atoms with Crippen LogP contribution in [0, 0.1) is 10.1 Å². The molecule has 1 aliphatic rings. The third kappa shape index (κ3) is 4.14. The maximum Gasteiger partial charge on any atom is 0.315 e. The number of carbonyl (C=O) groups excluding carboxylic acids is 2. The highest BCUT2D eigenvalue weighted by molar-refractivity contribution is 6.31. The molecule has 1 N–H and O–H groups in total. The molecular weight excluding hydrogens is 390 g/mol. The first-order chi connectivity index (χ1) is 14.5. The fourth-order valence-corrected chi connectivity index (χ4v) is 2.86. The van der Waals surface area contributed by atoms with Gasteiger partial charge in [-0.05, 0) is 36.8 Å². The predicted octanol–water partition coefficient (Wildman–Crippen LogP) is 3.02. The zero-order chi connectivity index (χ0) is 21.7. The van der Waals surface area contributed by atoms with Crippen molar-refractivity contribution in [3.05, 3.63) is 76.4 Å². The molecule has 1 saturated heterocycles. The van der Waals surface area contributed by atoms with Gasteiger partial charge >= 0.3 is 5.69 Å². The number of carbonyl (C=O) groups is 2. The van der Waals surface area contributed by atoms with Gasteiger partial charge in [-0.2, -0.15) is 0 Å². The fraction of sp³-hybridized carbons (Fsp3) is 0.143. The first kappa shape index (κ1) is 20.6. The molecule has 1 aliphatic heterocycles. The van der Waals surface area contributed by atoms with Gasteiger partial charge in [-0.3, -0.25) is 25.1 Å². The van der Waals surface area contributed by atoms with Crippen LogP contribution >= 0.6 is 0 Å². The summed E-state index contributed by atoms with van der Waals surface area (Å²) in [6, 6.07) is 11.3. The number of hydrogen-bond acceptors (Lipinski definition) is 6. The summed E-state index contributed by atoms with van der Waals surface area (Å²) < 4.78 is 10.9. The second-order valence-electron chi connectivity index (χ2n) is 6.13. The molecule has 9 nitrogen and oxygen atoms in total. The molecule has 0 spiro atoms. The number of nitrogens with zero attached hydrogens (tertiary/aromatic N) is 2. The molecule has 0 bridgehead atoms. The smallest absolute Gasteiger partial charge is 0.315 e. The number of rotatable bonds is 8. The third-order valence-electron chi connectivity index (χ3n) is 4.12. The molecule has 2 aromatic carbocycles. The molecule has 30 heavy (non-hydrogen) atoms. The summed E-state index contributed by atoms with van der Waals surface area (Å²) in [5.41, 5.74) is 2.73. The van der Waals surface area contributed by atoms with Crippen LogP contribution in [0.15, 0.2) is 60.7 Å². The Morgan fingerprint density at radius 1 is 1.20 bits per heavy atom. The molecule has 0 saturated carbocycles. The van der Waals surface area contributed by atoms with Gasteiger partial charge in [0, 0.05) is 6.07 Å². The van der Waals surface area contributed by atoms with Crippen molar-refractivity contribution in [2.45, 2.75) is 6.92 Å². The molecule has 154 valence electrons. The average molecular weight is 409 g/mol. The van der Waals surface area contributed by atoms with E-state index in [-0.39, 0.29) is 41.5 Å². The number of hydrogen-bond donors (Lipinski definition) is 1. The van der Waals surface area contributed by atoms with E-state index in [4.69, 9.17) is 9.47 Å². The zero-order valence-corrected chi connectivity index (χ0v) is 16.2. The minimum absolute atomic E-state index is 0.0444. The highest BCUT2D eigenvalue weighted by atomic mass is 16.6. The number of nitrogens with one attached hydrogen (secondary N) is 1. The van der Waals surface area contributed by atoms with E-state index >= 15 is 0 Å². The summed E-state index contributed by atoms with van der Waals surface area (Å²) in [6.07, 6.45) is 2.74. The maximum absolute atomic E-state index is 12.7. The monoisotopic (exact) mass is 409 g/mol. The first-order valence-corrected chi connectivity index (χ1v) is 9.07. The number of benzene rings is 2. The Morgan fingerprint density at radius 2 is 1.93 bits per heavy atom. The standard InChI is InChI=1S/C21H19N3O6/c1-3-10-30-19-17(24(27)28)12-14(13-18(19)29-4-2)11-16-20(25)22-23(21(16)26)15-8-6-5-7-9-15/h3,5-9,11-13H,1,4,10H2,2H3,(H,22,25). The Labute approximate surface area is 172 Å². The van der Waals surface area contributed by atoms with E-state index in [0.717, 1.165) is 5.01 Å². The largest absolute Gasteiger partial charge is 0.490 e. The minimum atomic E-state index is -0.615. The number of hydrazine groups is 1. The molecule has 9 heteroatoms. The molecule has 0 aromatic heterocycles. The van der Waals surface area contributed by atoms with Crippen LogP contribution in [0.3, 0.4) is 0 Å². The van der Waals surface area contributed by atoms with E-state index in [1.165, 1.54) is 24.3 Å². The van der Waals surface area contributed by atoms with Gasteiger partial charge in [0.2, 0.25) is 5.75 Å². The van der Waals surface area contributed by atoms with E-state index in [9.17, 15) is 19.7 Å². The summed E-state index contributed by atoms with van der Waals surface area (Å²) in [5.74, 6) is -1.10. The van der Waals surface area contributed by atoms with Crippen LogP contribution in [0.4, 0.5) is 11.4 Å². The highest BCUT2D eigenvalue weighted by Crippen LogP contribution is 2.39. The Hall–Kier alpha value is -4.14. The second kappa shape index (κ2) is 8.91. The quantitative estimate of drug-likeness (QED) is 0.236. The van der Waals surface area contributed by atoms with Crippen LogP contribution in [0.1, 0.15) is 12.5 Å². The minimum Gasteiger partial charge on any atom is -0.490 e. The van der Waals surface area contributed by atoms with E-state index < -0.39 is 16.7 Å². The summed E-state index contributed by atoms with van der Waals surface area (Å²) >= 11 is 0. The number of nitro groups is 1. The van der Waals surface area contributed by atoms with Crippen molar-refractivity contribution in [1.29, 1.82) is 0 Å². The normalized spacial score (nSPS) is 14.6. The molecule has 1 heterocycles. The Bertz CT molecular complexity index is 1030. The molecule has 3 rings (SSSR count). The van der Waals surface area contributed by atoms with Crippen molar-refractivity contribution in [2.75, 3.05) is 18.2 Å². The van der Waals surface area contributed by atoms with Crippen LogP contribution in [-0.2, 0) is 9.59 Å². The van der Waals surface area contributed by atoms with Crippen molar-refractivity contribution >= 4 is 29.3 Å².